The molecule has 0 radical (unpaired) electrons. The summed E-state index contributed by atoms with van der Waals surface area (Å²) in [6, 6.07) is 10.1. The maximum absolute atomic E-state index is 12.4. The molecule has 3 heterocycles. The van der Waals surface area contributed by atoms with Gasteiger partial charge in [-0.3, -0.25) is 4.90 Å². The van der Waals surface area contributed by atoms with Crippen molar-refractivity contribution in [2.75, 3.05) is 32.7 Å². The predicted octanol–water partition coefficient (Wildman–Crippen LogP) is 2.25. The minimum Gasteiger partial charge on any atom is -0.360 e. The summed E-state index contributed by atoms with van der Waals surface area (Å²) in [6.07, 6.45) is 2.73. The fraction of sp³-hybridized carbons (Fsp3) is 0.450. The van der Waals surface area contributed by atoms with Crippen molar-refractivity contribution in [3.63, 3.8) is 0 Å². The lowest BCUT2D eigenvalue weighted by Crippen LogP contribution is -2.51. The van der Waals surface area contributed by atoms with Crippen LogP contribution < -0.4 is 5.32 Å². The third kappa shape index (κ3) is 4.33. The molecule has 1 fully saturated rings. The summed E-state index contributed by atoms with van der Waals surface area (Å²) in [5.41, 5.74) is 3.04. The minimum absolute atomic E-state index is 0.0191. The van der Waals surface area contributed by atoms with E-state index < -0.39 is 0 Å². The second-order valence-corrected chi connectivity index (χ2v) is 7.21. The molecule has 0 spiro atoms. The number of carbonyl (C=O) groups excluding carboxylic acids is 1. The van der Waals surface area contributed by atoms with Crippen LogP contribution in [-0.4, -0.2) is 63.3 Å². The fourth-order valence-corrected chi connectivity index (χ4v) is 3.57. The summed E-state index contributed by atoms with van der Waals surface area (Å²) >= 11 is 0. The molecule has 28 heavy (non-hydrogen) atoms. The number of nitrogens with one attached hydrogen (secondary N) is 1. The number of amides is 2. The number of urea groups is 1. The highest BCUT2D eigenvalue weighted by Gasteiger charge is 2.21. The van der Waals surface area contributed by atoms with Gasteiger partial charge in [0.15, 0.2) is 5.76 Å². The topological polar surface area (TPSA) is 79.4 Å². The fourth-order valence-electron chi connectivity index (χ4n) is 3.57. The van der Waals surface area contributed by atoms with Crippen molar-refractivity contribution in [2.24, 2.45) is 0 Å². The van der Waals surface area contributed by atoms with E-state index in [1.807, 2.05) is 42.4 Å². The van der Waals surface area contributed by atoms with Gasteiger partial charge in [-0.2, -0.15) is 0 Å². The monoisotopic (exact) mass is 382 g/mol. The molecule has 1 N–H and O–H groups in total. The number of aryl methyl sites for hydroxylation is 2. The number of benzene rings is 1. The number of fused-ring (bicyclic) bond motifs is 1. The molecular weight excluding hydrogens is 356 g/mol. The molecular formula is C20H26N6O2. The first kappa shape index (κ1) is 18.5. The van der Waals surface area contributed by atoms with Crippen molar-refractivity contribution in [1.29, 1.82) is 0 Å². The molecule has 2 aromatic heterocycles. The van der Waals surface area contributed by atoms with Gasteiger partial charge in [-0.25, -0.2) is 9.78 Å². The highest BCUT2D eigenvalue weighted by Crippen LogP contribution is 2.12. The molecule has 4 rings (SSSR count). The van der Waals surface area contributed by atoms with Gasteiger partial charge in [0.2, 0.25) is 0 Å². The van der Waals surface area contributed by atoms with Gasteiger partial charge in [0.05, 0.1) is 29.6 Å². The molecule has 148 valence electrons. The maximum atomic E-state index is 12.4. The van der Waals surface area contributed by atoms with Crippen molar-refractivity contribution in [1.82, 2.24) is 29.8 Å². The van der Waals surface area contributed by atoms with Gasteiger partial charge in [0.25, 0.3) is 0 Å². The Kier molecular flexibility index (Phi) is 5.57. The number of imidazole rings is 1. The van der Waals surface area contributed by atoms with E-state index in [1.54, 1.807) is 0 Å². The van der Waals surface area contributed by atoms with Crippen LogP contribution >= 0.6 is 0 Å². The zero-order valence-electron chi connectivity index (χ0n) is 16.2. The SMILES string of the molecule is Cc1cc(CN2CCN(C(=O)NCCCn3cnc4ccccc43)CC2)on1. The lowest BCUT2D eigenvalue weighted by atomic mass is 10.3. The first-order valence-corrected chi connectivity index (χ1v) is 9.76. The van der Waals surface area contributed by atoms with E-state index in [-0.39, 0.29) is 6.03 Å². The van der Waals surface area contributed by atoms with Crippen molar-refractivity contribution in [3.05, 3.63) is 48.1 Å². The van der Waals surface area contributed by atoms with Crippen LogP contribution in [0.5, 0.6) is 0 Å². The van der Waals surface area contributed by atoms with E-state index in [0.29, 0.717) is 6.54 Å². The molecule has 1 aromatic carbocycles. The molecule has 0 aliphatic carbocycles. The number of hydrogen-bond donors (Lipinski definition) is 1. The average Bonchev–Trinajstić information content (AvgIpc) is 3.31. The van der Waals surface area contributed by atoms with Gasteiger partial charge in [-0.1, -0.05) is 17.3 Å². The van der Waals surface area contributed by atoms with Crippen LogP contribution in [0.3, 0.4) is 0 Å². The minimum atomic E-state index is 0.0191. The largest absolute Gasteiger partial charge is 0.360 e. The van der Waals surface area contributed by atoms with Crippen molar-refractivity contribution in [3.8, 4) is 0 Å². The zero-order valence-corrected chi connectivity index (χ0v) is 16.2. The Bertz CT molecular complexity index is 926. The first-order chi connectivity index (χ1) is 13.7. The number of para-hydroxylation sites is 2. The Balaban J connectivity index is 1.17. The van der Waals surface area contributed by atoms with E-state index in [4.69, 9.17) is 4.52 Å². The molecule has 0 bridgehead atoms. The van der Waals surface area contributed by atoms with Gasteiger partial charge in [-0.05, 0) is 25.5 Å². The van der Waals surface area contributed by atoms with Crippen LogP contribution in [0.15, 0.2) is 41.2 Å². The normalized spacial score (nSPS) is 15.2. The third-order valence-electron chi connectivity index (χ3n) is 5.10. The van der Waals surface area contributed by atoms with Crippen molar-refractivity contribution < 1.29 is 9.32 Å². The third-order valence-corrected chi connectivity index (χ3v) is 5.10. The van der Waals surface area contributed by atoms with E-state index in [0.717, 1.165) is 68.2 Å². The molecule has 3 aromatic rings. The summed E-state index contributed by atoms with van der Waals surface area (Å²) in [4.78, 5) is 21.0. The summed E-state index contributed by atoms with van der Waals surface area (Å²) in [5.74, 6) is 0.877. The van der Waals surface area contributed by atoms with Crippen molar-refractivity contribution >= 4 is 17.1 Å². The summed E-state index contributed by atoms with van der Waals surface area (Å²) in [6.45, 7) is 7.30. The van der Waals surface area contributed by atoms with Gasteiger partial charge in [0, 0.05) is 45.3 Å². The molecule has 1 aliphatic rings. The maximum Gasteiger partial charge on any atom is 0.317 e. The lowest BCUT2D eigenvalue weighted by Gasteiger charge is -2.34. The Morgan fingerprint density at radius 3 is 2.82 bits per heavy atom. The van der Waals surface area contributed by atoms with Crippen LogP contribution in [0.1, 0.15) is 17.9 Å². The summed E-state index contributed by atoms with van der Waals surface area (Å²) in [7, 11) is 0. The van der Waals surface area contributed by atoms with Crippen LogP contribution in [0, 0.1) is 6.92 Å². The number of rotatable bonds is 6. The lowest BCUT2D eigenvalue weighted by molar-refractivity contribution is 0.128. The zero-order chi connectivity index (χ0) is 19.3. The second-order valence-electron chi connectivity index (χ2n) is 7.21. The van der Waals surface area contributed by atoms with E-state index >= 15 is 0 Å². The van der Waals surface area contributed by atoms with E-state index in [1.165, 1.54) is 0 Å². The van der Waals surface area contributed by atoms with Crippen LogP contribution in [0.25, 0.3) is 11.0 Å². The summed E-state index contributed by atoms with van der Waals surface area (Å²) in [5, 5.41) is 6.96. The Hall–Kier alpha value is -2.87. The molecule has 1 saturated heterocycles. The number of aromatic nitrogens is 3. The number of nitrogens with zero attached hydrogens (tertiary/aromatic N) is 5. The molecule has 0 saturated carbocycles. The van der Waals surface area contributed by atoms with E-state index in [2.05, 4.69) is 31.0 Å². The molecule has 8 nitrogen and oxygen atoms in total. The predicted molar refractivity (Wildman–Crippen MR) is 106 cm³/mol. The van der Waals surface area contributed by atoms with Crippen LogP contribution in [0.4, 0.5) is 4.79 Å². The Morgan fingerprint density at radius 1 is 1.21 bits per heavy atom. The van der Waals surface area contributed by atoms with Gasteiger partial charge < -0.3 is 19.3 Å². The number of piperazine rings is 1. The highest BCUT2D eigenvalue weighted by molar-refractivity contribution is 5.75. The molecule has 1 aliphatic heterocycles. The first-order valence-electron chi connectivity index (χ1n) is 9.76. The number of carbonyl (C=O) groups is 1. The second kappa shape index (κ2) is 8.43. The van der Waals surface area contributed by atoms with Gasteiger partial charge >= 0.3 is 6.03 Å². The smallest absolute Gasteiger partial charge is 0.317 e. The average molecular weight is 382 g/mol. The quantitative estimate of drug-likeness (QED) is 0.662. The molecule has 8 heteroatoms. The standard InChI is InChI=1S/C20H26N6O2/c1-16-13-17(28-23-16)14-24-9-11-25(12-10-24)20(27)21-7-4-8-26-15-22-18-5-2-3-6-19(18)26/h2-3,5-6,13,15H,4,7-12,14H2,1H3,(H,21,27). The van der Waals surface area contributed by atoms with Crippen LogP contribution in [-0.2, 0) is 13.1 Å². The van der Waals surface area contributed by atoms with Gasteiger partial charge in [-0.15, -0.1) is 0 Å². The van der Waals surface area contributed by atoms with Crippen molar-refractivity contribution in [2.45, 2.75) is 26.4 Å². The highest BCUT2D eigenvalue weighted by atomic mass is 16.5. The molecule has 2 amide bonds. The Labute approximate surface area is 164 Å². The number of hydrogen-bond acceptors (Lipinski definition) is 5. The summed E-state index contributed by atoms with van der Waals surface area (Å²) < 4.78 is 7.40. The van der Waals surface area contributed by atoms with Crippen LogP contribution in [0.2, 0.25) is 0 Å². The van der Waals surface area contributed by atoms with E-state index in [9.17, 15) is 4.79 Å². The Morgan fingerprint density at radius 2 is 2.04 bits per heavy atom. The molecule has 0 unspecified atom stereocenters. The van der Waals surface area contributed by atoms with Gasteiger partial charge in [0.1, 0.15) is 0 Å². The molecule has 0 atom stereocenters.